The molecule has 0 saturated carbocycles. The second-order valence-corrected chi connectivity index (χ2v) is 5.96. The van der Waals surface area contributed by atoms with Crippen LogP contribution in [0.15, 0.2) is 30.3 Å². The lowest BCUT2D eigenvalue weighted by Crippen LogP contribution is -2.06. The van der Waals surface area contributed by atoms with Gasteiger partial charge in [0, 0.05) is 6.42 Å². The van der Waals surface area contributed by atoms with Gasteiger partial charge in [-0.3, -0.25) is 4.79 Å². The lowest BCUT2D eigenvalue weighted by Gasteiger charge is -2.12. The quantitative estimate of drug-likeness (QED) is 0.516. The first-order chi connectivity index (χ1) is 11.3. The zero-order chi connectivity index (χ0) is 16.3. The normalized spacial score (nSPS) is 17.5. The highest BCUT2D eigenvalue weighted by molar-refractivity contribution is 5.69. The van der Waals surface area contributed by atoms with Crippen molar-refractivity contribution in [3.63, 3.8) is 0 Å². The van der Waals surface area contributed by atoms with Crippen molar-refractivity contribution in [1.82, 2.24) is 0 Å². The molecule has 0 unspecified atom stereocenters. The molecular formula is C20H28O3. The van der Waals surface area contributed by atoms with E-state index in [4.69, 9.17) is 9.47 Å². The Labute approximate surface area is 139 Å². The highest BCUT2D eigenvalue weighted by atomic mass is 16.5. The molecule has 3 heteroatoms. The molecular weight excluding hydrogens is 288 g/mol. The number of carbonyl (C=O) groups is 1. The Hall–Kier alpha value is -1.77. The van der Waals surface area contributed by atoms with E-state index in [1.54, 1.807) is 0 Å². The third-order valence-corrected chi connectivity index (χ3v) is 4.12. The van der Waals surface area contributed by atoms with Crippen molar-refractivity contribution in [2.75, 3.05) is 13.2 Å². The van der Waals surface area contributed by atoms with Gasteiger partial charge in [-0.15, -0.1) is 0 Å². The molecule has 0 aromatic heterocycles. The summed E-state index contributed by atoms with van der Waals surface area (Å²) in [7, 11) is 0. The van der Waals surface area contributed by atoms with E-state index in [2.05, 4.69) is 18.2 Å². The molecule has 0 aliphatic heterocycles. The molecule has 0 spiro atoms. The highest BCUT2D eigenvalue weighted by Crippen LogP contribution is 2.26. The average Bonchev–Trinajstić information content (AvgIpc) is 2.52. The summed E-state index contributed by atoms with van der Waals surface area (Å²) in [6.07, 6.45) is 11.2. The summed E-state index contributed by atoms with van der Waals surface area (Å²) in [5.41, 5.74) is 2.78. The predicted molar refractivity (Wildman–Crippen MR) is 93.5 cm³/mol. The zero-order valence-corrected chi connectivity index (χ0v) is 14.2. The van der Waals surface area contributed by atoms with E-state index in [0.29, 0.717) is 26.1 Å². The van der Waals surface area contributed by atoms with Gasteiger partial charge in [-0.25, -0.2) is 0 Å². The van der Waals surface area contributed by atoms with E-state index < -0.39 is 0 Å². The maximum atomic E-state index is 11.2. The Balaban J connectivity index is 1.78. The topological polar surface area (TPSA) is 35.5 Å². The van der Waals surface area contributed by atoms with Gasteiger partial charge in [0.2, 0.25) is 0 Å². The van der Waals surface area contributed by atoms with E-state index >= 15 is 0 Å². The van der Waals surface area contributed by atoms with Gasteiger partial charge in [-0.2, -0.15) is 0 Å². The van der Waals surface area contributed by atoms with Gasteiger partial charge >= 0.3 is 5.97 Å². The van der Waals surface area contributed by atoms with Crippen molar-refractivity contribution < 1.29 is 14.3 Å². The summed E-state index contributed by atoms with van der Waals surface area (Å²) in [5.74, 6) is 0.715. The maximum Gasteiger partial charge on any atom is 0.305 e. The molecule has 3 nitrogen and oxygen atoms in total. The minimum Gasteiger partial charge on any atom is -0.494 e. The van der Waals surface area contributed by atoms with E-state index in [9.17, 15) is 4.79 Å². The molecule has 0 heterocycles. The van der Waals surface area contributed by atoms with Crippen LogP contribution in [-0.2, 0) is 9.53 Å². The van der Waals surface area contributed by atoms with Crippen LogP contribution in [0.1, 0.15) is 63.9 Å². The summed E-state index contributed by atoms with van der Waals surface area (Å²) < 4.78 is 10.6. The molecule has 126 valence electrons. The zero-order valence-electron chi connectivity index (χ0n) is 14.2. The molecule has 0 saturated heterocycles. The SMILES string of the molecule is CCOC(=O)CCCOc1ccc(/C2=C/CCCCCC2)cc1. The lowest BCUT2D eigenvalue weighted by atomic mass is 9.95. The molecule has 0 fully saturated rings. The first-order valence-electron chi connectivity index (χ1n) is 8.87. The average molecular weight is 316 g/mol. The van der Waals surface area contributed by atoms with Crippen LogP contribution in [-0.4, -0.2) is 19.2 Å². The Morgan fingerprint density at radius 3 is 2.65 bits per heavy atom. The Morgan fingerprint density at radius 1 is 1.09 bits per heavy atom. The van der Waals surface area contributed by atoms with Gasteiger partial charge in [-0.1, -0.05) is 31.1 Å². The number of hydrogen-bond acceptors (Lipinski definition) is 3. The summed E-state index contributed by atoms with van der Waals surface area (Å²) in [5, 5.41) is 0. The van der Waals surface area contributed by atoms with Crippen LogP contribution in [0.25, 0.3) is 5.57 Å². The van der Waals surface area contributed by atoms with Crippen molar-refractivity contribution >= 4 is 11.5 Å². The molecule has 1 aromatic rings. The monoisotopic (exact) mass is 316 g/mol. The summed E-state index contributed by atoms with van der Waals surface area (Å²) in [6.45, 7) is 2.80. The van der Waals surface area contributed by atoms with E-state index in [1.165, 1.54) is 49.7 Å². The first kappa shape index (κ1) is 17.6. The Morgan fingerprint density at radius 2 is 1.87 bits per heavy atom. The summed E-state index contributed by atoms with van der Waals surface area (Å²) >= 11 is 0. The molecule has 23 heavy (non-hydrogen) atoms. The van der Waals surface area contributed by atoms with Gasteiger partial charge < -0.3 is 9.47 Å². The molecule has 1 aliphatic rings. The number of ether oxygens (including phenoxy) is 2. The van der Waals surface area contributed by atoms with Crippen molar-refractivity contribution in [2.45, 2.75) is 58.3 Å². The van der Waals surface area contributed by atoms with Crippen LogP contribution in [0.5, 0.6) is 5.75 Å². The molecule has 0 amide bonds. The van der Waals surface area contributed by atoms with E-state index in [-0.39, 0.29) is 5.97 Å². The lowest BCUT2D eigenvalue weighted by molar-refractivity contribution is -0.143. The minimum absolute atomic E-state index is 0.150. The van der Waals surface area contributed by atoms with E-state index in [0.717, 1.165) is 5.75 Å². The van der Waals surface area contributed by atoms with Gasteiger partial charge in [0.1, 0.15) is 5.75 Å². The third kappa shape index (κ3) is 6.47. The molecule has 1 aliphatic carbocycles. The van der Waals surface area contributed by atoms with Gasteiger partial charge in [0.15, 0.2) is 0 Å². The van der Waals surface area contributed by atoms with Gasteiger partial charge in [0.05, 0.1) is 13.2 Å². The summed E-state index contributed by atoms with van der Waals surface area (Å²) in [6, 6.07) is 8.35. The van der Waals surface area contributed by atoms with Crippen LogP contribution in [0, 0.1) is 0 Å². The highest BCUT2D eigenvalue weighted by Gasteiger charge is 2.06. The largest absolute Gasteiger partial charge is 0.494 e. The standard InChI is InChI=1S/C20H28O3/c1-2-22-20(21)11-8-16-23-19-14-12-18(13-15-19)17-9-6-4-3-5-7-10-17/h9,12-15H,2-8,10-11,16H2,1H3/b17-9+. The van der Waals surface area contributed by atoms with Crippen LogP contribution < -0.4 is 4.74 Å². The number of esters is 1. The number of benzene rings is 1. The van der Waals surface area contributed by atoms with Crippen molar-refractivity contribution in [3.05, 3.63) is 35.9 Å². The van der Waals surface area contributed by atoms with Crippen LogP contribution >= 0.6 is 0 Å². The maximum absolute atomic E-state index is 11.2. The number of rotatable bonds is 7. The van der Waals surface area contributed by atoms with Gasteiger partial charge in [0.25, 0.3) is 0 Å². The third-order valence-electron chi connectivity index (χ3n) is 4.12. The van der Waals surface area contributed by atoms with Crippen molar-refractivity contribution in [2.24, 2.45) is 0 Å². The number of allylic oxidation sites excluding steroid dienone is 2. The fraction of sp³-hybridized carbons (Fsp3) is 0.550. The van der Waals surface area contributed by atoms with Gasteiger partial charge in [-0.05, 0) is 62.3 Å². The molecule has 0 radical (unpaired) electrons. The van der Waals surface area contributed by atoms with Crippen LogP contribution in [0.2, 0.25) is 0 Å². The Bertz CT molecular complexity index is 502. The minimum atomic E-state index is -0.150. The molecule has 0 N–H and O–H groups in total. The van der Waals surface area contributed by atoms with Crippen LogP contribution in [0.3, 0.4) is 0 Å². The van der Waals surface area contributed by atoms with E-state index in [1.807, 2.05) is 19.1 Å². The number of hydrogen-bond donors (Lipinski definition) is 0. The van der Waals surface area contributed by atoms with Crippen molar-refractivity contribution in [1.29, 1.82) is 0 Å². The smallest absolute Gasteiger partial charge is 0.305 e. The fourth-order valence-corrected chi connectivity index (χ4v) is 2.86. The molecule has 0 atom stereocenters. The second-order valence-electron chi connectivity index (χ2n) is 5.96. The Kier molecular flexibility index (Phi) is 7.71. The predicted octanol–water partition coefficient (Wildman–Crippen LogP) is 5.15. The number of carbonyl (C=O) groups excluding carboxylic acids is 1. The molecule has 2 rings (SSSR count). The summed E-state index contributed by atoms with van der Waals surface area (Å²) in [4.78, 5) is 11.2. The second kappa shape index (κ2) is 10.1. The molecule has 1 aromatic carbocycles. The first-order valence-corrected chi connectivity index (χ1v) is 8.87. The molecule has 0 bridgehead atoms. The fourth-order valence-electron chi connectivity index (χ4n) is 2.86. The van der Waals surface area contributed by atoms with Crippen LogP contribution in [0.4, 0.5) is 0 Å². The van der Waals surface area contributed by atoms with Crippen molar-refractivity contribution in [3.8, 4) is 5.75 Å².